The minimum absolute atomic E-state index is 0.504. The van der Waals surface area contributed by atoms with Crippen molar-refractivity contribution in [1.29, 1.82) is 0 Å². The Morgan fingerprint density at radius 1 is 1.90 bits per heavy atom. The fraction of sp³-hybridized carbons (Fsp3) is 0.400. The second kappa shape index (κ2) is 2.47. The number of rotatable bonds is 1. The molecule has 1 aliphatic rings. The monoisotopic (exact) mass is 142 g/mol. The standard InChI is InChI=1S/C5H6N2O3/c1-10-4(8)3-2-6-5(9)7-3/h2-3H,1H3,(H,7,9). The van der Waals surface area contributed by atoms with Gasteiger partial charge < -0.3 is 10.1 Å². The zero-order chi connectivity index (χ0) is 7.56. The van der Waals surface area contributed by atoms with Crippen LogP contribution >= 0.6 is 0 Å². The topological polar surface area (TPSA) is 67.8 Å². The molecule has 1 heterocycles. The van der Waals surface area contributed by atoms with Crippen molar-refractivity contribution in [3.05, 3.63) is 0 Å². The van der Waals surface area contributed by atoms with Crippen LogP contribution in [-0.2, 0) is 9.53 Å². The average molecular weight is 142 g/mol. The molecule has 10 heavy (non-hydrogen) atoms. The minimum atomic E-state index is -0.697. The molecule has 0 aromatic rings. The number of urea groups is 1. The lowest BCUT2D eigenvalue weighted by molar-refractivity contribution is -0.140. The van der Waals surface area contributed by atoms with Crippen LogP contribution in [0.3, 0.4) is 0 Å². The van der Waals surface area contributed by atoms with Gasteiger partial charge in [0.2, 0.25) is 0 Å². The number of methoxy groups -OCH3 is 1. The number of carbonyl (C=O) groups excluding carboxylic acids is 2. The molecule has 0 aromatic carbocycles. The summed E-state index contributed by atoms with van der Waals surface area (Å²) in [5, 5.41) is 2.27. The van der Waals surface area contributed by atoms with E-state index < -0.39 is 18.0 Å². The smallest absolute Gasteiger partial charge is 0.341 e. The molecule has 1 aliphatic heterocycles. The molecule has 5 heteroatoms. The van der Waals surface area contributed by atoms with E-state index in [1.165, 1.54) is 13.3 Å². The summed E-state index contributed by atoms with van der Waals surface area (Å²) in [6.07, 6.45) is 1.22. The molecule has 2 amide bonds. The van der Waals surface area contributed by atoms with E-state index in [1.807, 2.05) is 0 Å². The molecule has 54 valence electrons. The number of nitrogens with zero attached hydrogens (tertiary/aromatic N) is 1. The highest BCUT2D eigenvalue weighted by molar-refractivity contribution is 6.05. The lowest BCUT2D eigenvalue weighted by Crippen LogP contribution is -2.36. The van der Waals surface area contributed by atoms with E-state index in [-0.39, 0.29) is 0 Å². The van der Waals surface area contributed by atoms with Crippen molar-refractivity contribution in [3.63, 3.8) is 0 Å². The Morgan fingerprint density at radius 3 is 3.00 bits per heavy atom. The number of amides is 2. The van der Waals surface area contributed by atoms with Gasteiger partial charge >= 0.3 is 12.0 Å². The molecule has 0 spiro atoms. The number of hydrogen-bond donors (Lipinski definition) is 1. The largest absolute Gasteiger partial charge is 0.467 e. The summed E-state index contributed by atoms with van der Waals surface area (Å²) in [5.74, 6) is -0.505. The second-order valence-electron chi connectivity index (χ2n) is 1.73. The fourth-order valence-electron chi connectivity index (χ4n) is 0.597. The molecule has 0 aromatic heterocycles. The zero-order valence-corrected chi connectivity index (χ0v) is 5.33. The third-order valence-electron chi connectivity index (χ3n) is 1.07. The molecule has 0 radical (unpaired) electrons. The highest BCUT2D eigenvalue weighted by Gasteiger charge is 2.23. The lowest BCUT2D eigenvalue weighted by atomic mass is 10.3. The van der Waals surface area contributed by atoms with Crippen molar-refractivity contribution in [2.75, 3.05) is 7.11 Å². The van der Waals surface area contributed by atoms with Crippen molar-refractivity contribution < 1.29 is 14.3 Å². The normalized spacial score (nSPS) is 22.5. The van der Waals surface area contributed by atoms with E-state index in [9.17, 15) is 9.59 Å². The van der Waals surface area contributed by atoms with Gasteiger partial charge in [0.15, 0.2) is 6.04 Å². The van der Waals surface area contributed by atoms with Crippen LogP contribution in [0.5, 0.6) is 0 Å². The molecule has 1 atom stereocenters. The number of ether oxygens (including phenoxy) is 1. The first-order valence-electron chi connectivity index (χ1n) is 2.66. The van der Waals surface area contributed by atoms with Gasteiger partial charge in [-0.2, -0.15) is 0 Å². The van der Waals surface area contributed by atoms with Crippen LogP contribution in [0.25, 0.3) is 0 Å². The van der Waals surface area contributed by atoms with Crippen LogP contribution in [-0.4, -0.2) is 31.4 Å². The Hall–Kier alpha value is -1.39. The van der Waals surface area contributed by atoms with Crippen LogP contribution in [0.15, 0.2) is 4.99 Å². The molecule has 0 fully saturated rings. The number of carbonyl (C=O) groups is 2. The number of hydrogen-bond acceptors (Lipinski definition) is 3. The SMILES string of the molecule is COC(=O)C1C=NC(=O)N1. The van der Waals surface area contributed by atoms with Crippen LogP contribution < -0.4 is 5.32 Å². The third-order valence-corrected chi connectivity index (χ3v) is 1.07. The van der Waals surface area contributed by atoms with Crippen LogP contribution in [0.1, 0.15) is 0 Å². The van der Waals surface area contributed by atoms with Gasteiger partial charge in [0.1, 0.15) is 0 Å². The first kappa shape index (κ1) is 6.73. The van der Waals surface area contributed by atoms with Gasteiger partial charge in [-0.25, -0.2) is 14.6 Å². The van der Waals surface area contributed by atoms with E-state index in [1.54, 1.807) is 0 Å². The summed E-state index contributed by atoms with van der Waals surface area (Å²) in [6, 6.07) is -1.20. The Bertz CT molecular complexity index is 199. The predicted molar refractivity (Wildman–Crippen MR) is 32.8 cm³/mol. The molecule has 0 bridgehead atoms. The maximum absolute atomic E-state index is 10.6. The summed E-state index contributed by atoms with van der Waals surface area (Å²) in [5.41, 5.74) is 0. The Morgan fingerprint density at radius 2 is 2.60 bits per heavy atom. The predicted octanol–water partition coefficient (Wildman–Crippen LogP) is -0.678. The number of esters is 1. The van der Waals surface area contributed by atoms with E-state index in [4.69, 9.17) is 0 Å². The first-order valence-corrected chi connectivity index (χ1v) is 2.66. The third kappa shape index (κ3) is 1.12. The summed E-state index contributed by atoms with van der Waals surface area (Å²) in [4.78, 5) is 24.3. The first-order chi connectivity index (χ1) is 4.74. The van der Waals surface area contributed by atoms with Crippen molar-refractivity contribution >= 4 is 18.2 Å². The maximum Gasteiger partial charge on any atom is 0.341 e. The van der Waals surface area contributed by atoms with Crippen molar-refractivity contribution in [2.45, 2.75) is 6.04 Å². The van der Waals surface area contributed by atoms with Crippen LogP contribution in [0.4, 0.5) is 4.79 Å². The fourth-order valence-corrected chi connectivity index (χ4v) is 0.597. The van der Waals surface area contributed by atoms with Gasteiger partial charge in [-0.05, 0) is 0 Å². The Kier molecular flexibility index (Phi) is 1.66. The number of nitrogens with one attached hydrogen (secondary N) is 1. The summed E-state index contributed by atoms with van der Waals surface area (Å²) < 4.78 is 4.34. The molecular formula is C5H6N2O3. The Balaban J connectivity index is 2.54. The van der Waals surface area contributed by atoms with Gasteiger partial charge in [-0.3, -0.25) is 0 Å². The molecule has 0 saturated heterocycles. The highest BCUT2D eigenvalue weighted by Crippen LogP contribution is 1.92. The summed E-state index contributed by atoms with van der Waals surface area (Å²) in [6.45, 7) is 0. The van der Waals surface area contributed by atoms with E-state index >= 15 is 0 Å². The van der Waals surface area contributed by atoms with Gasteiger partial charge in [0, 0.05) is 6.21 Å². The quantitative estimate of drug-likeness (QED) is 0.493. The average Bonchev–Trinajstić information content (AvgIpc) is 2.34. The molecule has 1 rings (SSSR count). The van der Waals surface area contributed by atoms with Crippen molar-refractivity contribution in [1.82, 2.24) is 5.32 Å². The molecule has 0 saturated carbocycles. The molecule has 0 aliphatic carbocycles. The van der Waals surface area contributed by atoms with E-state index in [0.29, 0.717) is 0 Å². The lowest BCUT2D eigenvalue weighted by Gasteiger charge is -2.02. The molecule has 5 nitrogen and oxygen atoms in total. The maximum atomic E-state index is 10.6. The Labute approximate surface area is 57.1 Å². The summed E-state index contributed by atoms with van der Waals surface area (Å²) in [7, 11) is 1.25. The van der Waals surface area contributed by atoms with Crippen molar-refractivity contribution in [3.8, 4) is 0 Å². The molecule has 1 unspecified atom stereocenters. The van der Waals surface area contributed by atoms with Crippen molar-refractivity contribution in [2.24, 2.45) is 4.99 Å². The van der Waals surface area contributed by atoms with Crippen LogP contribution in [0.2, 0.25) is 0 Å². The molecular weight excluding hydrogens is 136 g/mol. The minimum Gasteiger partial charge on any atom is -0.467 e. The molecule has 1 N–H and O–H groups in total. The van der Waals surface area contributed by atoms with E-state index in [0.717, 1.165) is 0 Å². The van der Waals surface area contributed by atoms with Gasteiger partial charge in [0.25, 0.3) is 0 Å². The van der Waals surface area contributed by atoms with Crippen LogP contribution in [0, 0.1) is 0 Å². The van der Waals surface area contributed by atoms with E-state index in [2.05, 4.69) is 15.0 Å². The van der Waals surface area contributed by atoms with Gasteiger partial charge in [-0.15, -0.1) is 0 Å². The summed E-state index contributed by atoms with van der Waals surface area (Å²) >= 11 is 0. The van der Waals surface area contributed by atoms with Gasteiger partial charge in [0.05, 0.1) is 7.11 Å². The second-order valence-corrected chi connectivity index (χ2v) is 1.73. The van der Waals surface area contributed by atoms with Gasteiger partial charge in [-0.1, -0.05) is 0 Å². The highest BCUT2D eigenvalue weighted by atomic mass is 16.5. The zero-order valence-electron chi connectivity index (χ0n) is 5.33. The number of aliphatic imine (C=N–C) groups is 1.